The number of aromatic nitrogens is 2. The van der Waals surface area contributed by atoms with Crippen LogP contribution in [0.5, 0.6) is 0 Å². The fraction of sp³-hybridized carbons (Fsp3) is 0.318. The first kappa shape index (κ1) is 19.8. The lowest BCUT2D eigenvalue weighted by atomic mass is 10.1. The molecule has 0 radical (unpaired) electrons. The molecule has 0 unspecified atom stereocenters. The van der Waals surface area contributed by atoms with Gasteiger partial charge in [-0.1, -0.05) is 48.5 Å². The summed E-state index contributed by atoms with van der Waals surface area (Å²) in [6.45, 7) is 2.01. The van der Waals surface area contributed by atoms with Crippen molar-refractivity contribution in [3.8, 4) is 0 Å². The van der Waals surface area contributed by atoms with Gasteiger partial charge in [0, 0.05) is 25.5 Å². The van der Waals surface area contributed by atoms with Gasteiger partial charge in [-0.2, -0.15) is 5.10 Å². The number of carbonyl (C=O) groups excluding carboxylic acids is 1. The Morgan fingerprint density at radius 2 is 1.61 bits per heavy atom. The zero-order valence-electron chi connectivity index (χ0n) is 16.6. The fourth-order valence-corrected chi connectivity index (χ4v) is 3.24. The van der Waals surface area contributed by atoms with Gasteiger partial charge < -0.3 is 9.80 Å². The number of carbonyl (C=O) groups is 1. The zero-order valence-corrected chi connectivity index (χ0v) is 16.6. The summed E-state index contributed by atoms with van der Waals surface area (Å²) in [6, 6.07) is 17.1. The maximum atomic E-state index is 13.4. The lowest BCUT2D eigenvalue weighted by molar-refractivity contribution is 0.0731. The molecule has 0 spiro atoms. The summed E-state index contributed by atoms with van der Waals surface area (Å²) in [5.74, 6) is -0.158. The second-order valence-electron chi connectivity index (χ2n) is 7.19. The van der Waals surface area contributed by atoms with Crippen molar-refractivity contribution >= 4 is 16.7 Å². The van der Waals surface area contributed by atoms with Crippen molar-refractivity contribution in [2.24, 2.45) is 7.05 Å². The van der Waals surface area contributed by atoms with E-state index in [0.717, 1.165) is 18.5 Å². The highest BCUT2D eigenvalue weighted by Gasteiger charge is 2.21. The van der Waals surface area contributed by atoms with Crippen molar-refractivity contribution in [1.29, 1.82) is 0 Å². The van der Waals surface area contributed by atoms with E-state index < -0.39 is 0 Å². The Morgan fingerprint density at radius 1 is 0.964 bits per heavy atom. The van der Waals surface area contributed by atoms with E-state index in [1.54, 1.807) is 25.2 Å². The molecule has 2 aromatic carbocycles. The van der Waals surface area contributed by atoms with Crippen LogP contribution in [0.4, 0.5) is 0 Å². The monoisotopic (exact) mass is 378 g/mol. The molecule has 0 atom stereocenters. The molecule has 0 aliphatic rings. The minimum Gasteiger partial charge on any atom is -0.333 e. The van der Waals surface area contributed by atoms with Crippen molar-refractivity contribution < 1.29 is 4.79 Å². The maximum Gasteiger partial charge on any atom is 0.275 e. The van der Waals surface area contributed by atoms with Crippen LogP contribution in [0.2, 0.25) is 0 Å². The molecule has 0 aliphatic heterocycles. The largest absolute Gasteiger partial charge is 0.333 e. The standard InChI is InChI=1S/C22H26N4O2/c1-24(2)14-9-15-26(16-17-10-5-4-6-11-17)22(28)20-18-12-7-8-13-19(18)21(27)25(3)23-20/h4-8,10-13H,9,14-16H2,1-3H3. The van der Waals surface area contributed by atoms with Gasteiger partial charge in [0.25, 0.3) is 11.5 Å². The first-order chi connectivity index (χ1) is 13.5. The Labute approximate surface area is 165 Å². The Hall–Kier alpha value is -2.99. The molecular formula is C22H26N4O2. The number of amides is 1. The molecular weight excluding hydrogens is 352 g/mol. The predicted molar refractivity (Wildman–Crippen MR) is 111 cm³/mol. The Morgan fingerprint density at radius 3 is 2.29 bits per heavy atom. The number of aryl methyl sites for hydroxylation is 1. The van der Waals surface area contributed by atoms with Gasteiger partial charge in [-0.15, -0.1) is 0 Å². The molecule has 3 rings (SSSR count). The second kappa shape index (κ2) is 8.80. The summed E-state index contributed by atoms with van der Waals surface area (Å²) in [4.78, 5) is 29.7. The molecule has 6 heteroatoms. The highest BCUT2D eigenvalue weighted by molar-refractivity contribution is 6.04. The number of rotatable bonds is 7. The van der Waals surface area contributed by atoms with Gasteiger partial charge in [-0.25, -0.2) is 4.68 Å². The van der Waals surface area contributed by atoms with Crippen molar-refractivity contribution in [1.82, 2.24) is 19.6 Å². The van der Waals surface area contributed by atoms with E-state index in [-0.39, 0.29) is 11.5 Å². The van der Waals surface area contributed by atoms with Crippen LogP contribution in [0.1, 0.15) is 22.5 Å². The summed E-state index contributed by atoms with van der Waals surface area (Å²) < 4.78 is 1.25. The minimum absolute atomic E-state index is 0.158. The van der Waals surface area contributed by atoms with Crippen molar-refractivity contribution in [3.63, 3.8) is 0 Å². The average molecular weight is 378 g/mol. The zero-order chi connectivity index (χ0) is 20.1. The summed E-state index contributed by atoms with van der Waals surface area (Å²) in [6.07, 6.45) is 0.856. The average Bonchev–Trinajstić information content (AvgIpc) is 2.70. The maximum absolute atomic E-state index is 13.4. The number of hydrogen-bond donors (Lipinski definition) is 0. The van der Waals surface area contributed by atoms with E-state index >= 15 is 0 Å². The molecule has 1 amide bonds. The predicted octanol–water partition coefficient (Wildman–Crippen LogP) is 2.53. The highest BCUT2D eigenvalue weighted by Crippen LogP contribution is 2.17. The fourth-order valence-electron chi connectivity index (χ4n) is 3.24. The van der Waals surface area contributed by atoms with Gasteiger partial charge in [0.05, 0.1) is 5.39 Å². The van der Waals surface area contributed by atoms with Crippen LogP contribution < -0.4 is 5.56 Å². The quantitative estimate of drug-likeness (QED) is 0.634. The lowest BCUT2D eigenvalue weighted by Crippen LogP contribution is -2.35. The normalized spacial score (nSPS) is 11.1. The minimum atomic E-state index is -0.200. The summed E-state index contributed by atoms with van der Waals surface area (Å²) in [7, 11) is 5.62. The van der Waals surface area contributed by atoms with Gasteiger partial charge >= 0.3 is 0 Å². The molecule has 3 aromatic rings. The Bertz CT molecular complexity index is 1010. The molecule has 0 bridgehead atoms. The van der Waals surface area contributed by atoms with Gasteiger partial charge in [-0.3, -0.25) is 9.59 Å². The number of nitrogens with zero attached hydrogens (tertiary/aromatic N) is 4. The smallest absolute Gasteiger partial charge is 0.275 e. The van der Waals surface area contributed by atoms with Crippen LogP contribution >= 0.6 is 0 Å². The third-order valence-electron chi connectivity index (χ3n) is 4.70. The molecule has 1 aromatic heterocycles. The molecule has 1 heterocycles. The third-order valence-corrected chi connectivity index (χ3v) is 4.70. The molecule has 146 valence electrons. The van der Waals surface area contributed by atoms with Crippen LogP contribution in [0.3, 0.4) is 0 Å². The summed E-state index contributed by atoms with van der Waals surface area (Å²) in [5, 5.41) is 5.42. The Kier molecular flexibility index (Phi) is 6.21. The van der Waals surface area contributed by atoms with Crippen LogP contribution in [-0.4, -0.2) is 52.7 Å². The van der Waals surface area contributed by atoms with E-state index in [1.807, 2.05) is 55.4 Å². The van der Waals surface area contributed by atoms with E-state index in [2.05, 4.69) is 10.00 Å². The third kappa shape index (κ3) is 4.46. The first-order valence-corrected chi connectivity index (χ1v) is 9.41. The van der Waals surface area contributed by atoms with Crippen LogP contribution in [0.15, 0.2) is 59.4 Å². The topological polar surface area (TPSA) is 58.4 Å². The molecule has 6 nitrogen and oxygen atoms in total. The lowest BCUT2D eigenvalue weighted by Gasteiger charge is -2.24. The second-order valence-corrected chi connectivity index (χ2v) is 7.19. The summed E-state index contributed by atoms with van der Waals surface area (Å²) in [5.41, 5.74) is 1.18. The highest BCUT2D eigenvalue weighted by atomic mass is 16.2. The molecule has 0 aliphatic carbocycles. The number of hydrogen-bond acceptors (Lipinski definition) is 4. The van der Waals surface area contributed by atoms with Crippen LogP contribution in [0, 0.1) is 0 Å². The van der Waals surface area contributed by atoms with Gasteiger partial charge in [0.2, 0.25) is 0 Å². The van der Waals surface area contributed by atoms with Crippen molar-refractivity contribution in [2.75, 3.05) is 27.2 Å². The van der Waals surface area contributed by atoms with Crippen LogP contribution in [-0.2, 0) is 13.6 Å². The van der Waals surface area contributed by atoms with Crippen molar-refractivity contribution in [3.05, 3.63) is 76.2 Å². The number of fused-ring (bicyclic) bond motifs is 1. The van der Waals surface area contributed by atoms with E-state index in [1.165, 1.54) is 4.68 Å². The summed E-state index contributed by atoms with van der Waals surface area (Å²) >= 11 is 0. The molecule has 0 saturated heterocycles. The van der Waals surface area contributed by atoms with Crippen molar-refractivity contribution in [2.45, 2.75) is 13.0 Å². The molecule has 28 heavy (non-hydrogen) atoms. The van der Waals surface area contributed by atoms with E-state index in [0.29, 0.717) is 29.6 Å². The number of benzene rings is 2. The molecule has 0 N–H and O–H groups in total. The van der Waals surface area contributed by atoms with Gasteiger partial charge in [0.15, 0.2) is 5.69 Å². The van der Waals surface area contributed by atoms with Crippen LogP contribution in [0.25, 0.3) is 10.8 Å². The molecule has 0 saturated carbocycles. The van der Waals surface area contributed by atoms with E-state index in [4.69, 9.17) is 0 Å². The van der Waals surface area contributed by atoms with E-state index in [9.17, 15) is 9.59 Å². The molecule has 0 fully saturated rings. The van der Waals surface area contributed by atoms with Gasteiger partial charge in [0.1, 0.15) is 0 Å². The van der Waals surface area contributed by atoms with Gasteiger partial charge in [-0.05, 0) is 38.7 Å². The Balaban J connectivity index is 1.97. The SMILES string of the molecule is CN(C)CCCN(Cc1ccccc1)C(=O)c1nn(C)c(=O)c2ccccc12. The first-order valence-electron chi connectivity index (χ1n) is 9.41.